The zero-order valence-corrected chi connectivity index (χ0v) is 30.0. The molecule has 254 valence electrons. The second-order valence-corrected chi connectivity index (χ2v) is 14.2. The summed E-state index contributed by atoms with van der Waals surface area (Å²) in [6.45, 7) is 11.4. The first kappa shape index (κ1) is 33.2. The summed E-state index contributed by atoms with van der Waals surface area (Å²) in [5, 5.41) is 7.16. The fourth-order valence-corrected chi connectivity index (χ4v) is 6.92. The van der Waals surface area contributed by atoms with Crippen molar-refractivity contribution in [2.75, 3.05) is 7.11 Å². The van der Waals surface area contributed by atoms with Crippen molar-refractivity contribution in [1.82, 2.24) is 19.3 Å². The number of nitrogens with zero attached hydrogens (tertiary/aromatic N) is 4. The Morgan fingerprint density at radius 2 is 1.42 bits per heavy atom. The Kier molecular flexibility index (Phi) is 9.44. The first-order chi connectivity index (χ1) is 24.3. The van der Waals surface area contributed by atoms with Crippen molar-refractivity contribution in [3.05, 3.63) is 126 Å². The number of fused-ring (bicyclic) bond motifs is 3. The van der Waals surface area contributed by atoms with E-state index in [9.17, 15) is 0 Å². The minimum atomic E-state index is 0.649. The lowest BCUT2D eigenvalue weighted by Crippen LogP contribution is -2.02. The number of ether oxygens (including phenoxy) is 2. The zero-order valence-electron chi connectivity index (χ0n) is 30.0. The maximum Gasteiger partial charge on any atom is 0.141 e. The van der Waals surface area contributed by atoms with Crippen LogP contribution in [0.15, 0.2) is 110 Å². The summed E-state index contributed by atoms with van der Waals surface area (Å²) in [6.07, 6.45) is 10.4. The van der Waals surface area contributed by atoms with Gasteiger partial charge in [-0.05, 0) is 97.5 Å². The van der Waals surface area contributed by atoms with Crippen LogP contribution < -0.4 is 9.47 Å². The highest BCUT2D eigenvalue weighted by atomic mass is 16.5. The van der Waals surface area contributed by atoms with Crippen molar-refractivity contribution >= 4 is 21.8 Å². The molecule has 50 heavy (non-hydrogen) atoms. The predicted octanol–water partition coefficient (Wildman–Crippen LogP) is 11.3. The van der Waals surface area contributed by atoms with Gasteiger partial charge in [-0.15, -0.1) is 0 Å². The molecule has 0 N–H and O–H groups in total. The molecule has 0 aliphatic carbocycles. The highest BCUT2D eigenvalue weighted by molar-refractivity contribution is 6.09. The monoisotopic (exact) mass is 662 g/mol. The van der Waals surface area contributed by atoms with Gasteiger partial charge >= 0.3 is 0 Å². The van der Waals surface area contributed by atoms with Gasteiger partial charge in [0.05, 0.1) is 30.0 Å². The SMILES string of the molecule is COc1ccnc(-n2c3ccccc3c3ccc(Oc4cccc(-n5cc(-c6c(CCC(C)C)cc(C)cc6CCC(C)C)cn5)c4)cc32)c1. The molecular weight excluding hydrogens is 617 g/mol. The van der Waals surface area contributed by atoms with E-state index in [1.165, 1.54) is 27.8 Å². The van der Waals surface area contributed by atoms with Crippen LogP contribution in [0, 0.1) is 18.8 Å². The van der Waals surface area contributed by atoms with Crippen molar-refractivity contribution in [2.24, 2.45) is 11.8 Å². The van der Waals surface area contributed by atoms with Crippen LogP contribution in [0.5, 0.6) is 17.2 Å². The third kappa shape index (κ3) is 6.88. The van der Waals surface area contributed by atoms with Crippen LogP contribution in [0.1, 0.15) is 57.2 Å². The number of hydrogen-bond acceptors (Lipinski definition) is 4. The summed E-state index contributed by atoms with van der Waals surface area (Å²) >= 11 is 0. The molecule has 6 nitrogen and oxygen atoms in total. The normalized spacial score (nSPS) is 11.7. The summed E-state index contributed by atoms with van der Waals surface area (Å²) in [4.78, 5) is 4.70. The average molecular weight is 663 g/mol. The van der Waals surface area contributed by atoms with E-state index in [0.717, 1.165) is 76.2 Å². The molecule has 0 unspecified atom stereocenters. The van der Waals surface area contributed by atoms with Gasteiger partial charge in [0, 0.05) is 46.9 Å². The van der Waals surface area contributed by atoms with Gasteiger partial charge in [0.15, 0.2) is 0 Å². The largest absolute Gasteiger partial charge is 0.497 e. The molecule has 0 spiro atoms. The van der Waals surface area contributed by atoms with E-state index in [1.54, 1.807) is 13.3 Å². The average Bonchev–Trinajstić information content (AvgIpc) is 3.73. The van der Waals surface area contributed by atoms with Crippen molar-refractivity contribution < 1.29 is 9.47 Å². The first-order valence-corrected chi connectivity index (χ1v) is 17.8. The Labute approximate surface area is 295 Å². The van der Waals surface area contributed by atoms with Crippen molar-refractivity contribution in [3.63, 3.8) is 0 Å². The number of rotatable bonds is 12. The number of methoxy groups -OCH3 is 1. The van der Waals surface area contributed by atoms with Crippen LogP contribution in [-0.4, -0.2) is 26.4 Å². The Bertz CT molecular complexity index is 2240. The van der Waals surface area contributed by atoms with Gasteiger partial charge in [-0.25, -0.2) is 9.67 Å². The second kappa shape index (κ2) is 14.2. The third-order valence-corrected chi connectivity index (χ3v) is 9.44. The predicted molar refractivity (Wildman–Crippen MR) is 205 cm³/mol. The number of hydrogen-bond donors (Lipinski definition) is 0. The van der Waals surface area contributed by atoms with Gasteiger partial charge in [0.1, 0.15) is 23.1 Å². The molecule has 0 amide bonds. The minimum Gasteiger partial charge on any atom is -0.497 e. The maximum absolute atomic E-state index is 6.53. The van der Waals surface area contributed by atoms with E-state index in [1.807, 2.05) is 41.2 Å². The van der Waals surface area contributed by atoms with Gasteiger partial charge in [0.25, 0.3) is 0 Å². The highest BCUT2D eigenvalue weighted by Crippen LogP contribution is 2.36. The number of pyridine rings is 1. The molecule has 0 fully saturated rings. The number of benzene rings is 4. The molecule has 0 atom stereocenters. The molecule has 3 heterocycles. The summed E-state index contributed by atoms with van der Waals surface area (Å²) in [5.74, 6) is 4.33. The lowest BCUT2D eigenvalue weighted by molar-refractivity contribution is 0.414. The molecular formula is C44H46N4O2. The zero-order chi connectivity index (χ0) is 34.8. The van der Waals surface area contributed by atoms with Crippen molar-refractivity contribution in [1.29, 1.82) is 0 Å². The Balaban J connectivity index is 1.22. The van der Waals surface area contributed by atoms with Crippen molar-refractivity contribution in [2.45, 2.75) is 60.3 Å². The quantitative estimate of drug-likeness (QED) is 0.131. The Hall–Kier alpha value is -5.36. The molecule has 4 aromatic carbocycles. The number of aryl methyl sites for hydroxylation is 3. The highest BCUT2D eigenvalue weighted by Gasteiger charge is 2.17. The van der Waals surface area contributed by atoms with Crippen LogP contribution in [0.25, 0.3) is 44.4 Å². The lowest BCUT2D eigenvalue weighted by Gasteiger charge is -2.17. The van der Waals surface area contributed by atoms with E-state index in [0.29, 0.717) is 11.8 Å². The van der Waals surface area contributed by atoms with Gasteiger partial charge < -0.3 is 9.47 Å². The lowest BCUT2D eigenvalue weighted by atomic mass is 9.87. The van der Waals surface area contributed by atoms with E-state index >= 15 is 0 Å². The Morgan fingerprint density at radius 1 is 0.700 bits per heavy atom. The van der Waals surface area contributed by atoms with Crippen LogP contribution in [-0.2, 0) is 12.8 Å². The smallest absolute Gasteiger partial charge is 0.141 e. The van der Waals surface area contributed by atoms with E-state index in [4.69, 9.17) is 19.6 Å². The van der Waals surface area contributed by atoms with Crippen LogP contribution >= 0.6 is 0 Å². The Morgan fingerprint density at radius 3 is 2.16 bits per heavy atom. The summed E-state index contributed by atoms with van der Waals surface area (Å²) in [6, 6.07) is 31.4. The fourth-order valence-electron chi connectivity index (χ4n) is 6.92. The molecule has 6 heteroatoms. The van der Waals surface area contributed by atoms with Gasteiger partial charge in [-0.3, -0.25) is 4.57 Å². The van der Waals surface area contributed by atoms with Gasteiger partial charge in [0.2, 0.25) is 0 Å². The van der Waals surface area contributed by atoms with E-state index in [2.05, 4.69) is 106 Å². The summed E-state index contributed by atoms with van der Waals surface area (Å²) in [5.41, 5.74) is 9.73. The van der Waals surface area contributed by atoms with E-state index in [-0.39, 0.29) is 0 Å². The topological polar surface area (TPSA) is 54.1 Å². The second-order valence-electron chi connectivity index (χ2n) is 14.2. The molecule has 0 bridgehead atoms. The molecule has 7 aromatic rings. The van der Waals surface area contributed by atoms with Gasteiger partial charge in [-0.1, -0.05) is 69.7 Å². The molecule has 3 aromatic heterocycles. The molecule has 7 rings (SSSR count). The van der Waals surface area contributed by atoms with Crippen LogP contribution in [0.4, 0.5) is 0 Å². The van der Waals surface area contributed by atoms with Crippen LogP contribution in [0.2, 0.25) is 0 Å². The standard InChI is InChI=1S/C44H46N4O2/c1-29(2)14-16-32-22-31(5)23-33(17-15-30(3)4)44(32)34-27-46-47(28-34)35-10-9-11-37(24-35)50-38-18-19-40-39-12-7-8-13-41(39)48(42(40)25-38)43-26-36(49-6)20-21-45-43/h7-13,18-30H,14-17H2,1-6H3. The molecule has 0 saturated heterocycles. The summed E-state index contributed by atoms with van der Waals surface area (Å²) < 4.78 is 16.2. The third-order valence-electron chi connectivity index (χ3n) is 9.44. The fraction of sp³-hybridized carbons (Fsp3) is 0.273. The first-order valence-electron chi connectivity index (χ1n) is 17.8. The maximum atomic E-state index is 6.53. The number of para-hydroxylation sites is 1. The molecule has 0 radical (unpaired) electrons. The van der Waals surface area contributed by atoms with Gasteiger partial charge in [-0.2, -0.15) is 5.10 Å². The molecule has 0 aliphatic rings. The minimum absolute atomic E-state index is 0.649. The van der Waals surface area contributed by atoms with E-state index < -0.39 is 0 Å². The number of aromatic nitrogens is 4. The molecule has 0 saturated carbocycles. The molecule has 0 aliphatic heterocycles. The van der Waals surface area contributed by atoms with Crippen molar-refractivity contribution in [3.8, 4) is 39.9 Å². The van der Waals surface area contributed by atoms with Crippen LogP contribution in [0.3, 0.4) is 0 Å². The summed E-state index contributed by atoms with van der Waals surface area (Å²) in [7, 11) is 1.67.